The molecule has 0 aliphatic rings. The standard InChI is InChI=1S/C34H33BrN5/c1-38(22-4-20-36)31-15-6-26(7-16-31)8-17-33-24-29(25-34(40(33)3)28-9-13-30(35)14-10-28)27-11-18-32(19-12-27)39(2)23-5-21-37/h6-19,24-25H,4-5,22-23H2,1-3H3/q+1. The molecule has 0 bridgehead atoms. The average molecular weight is 592 g/mol. The fraction of sp³-hybridized carbons (Fsp3) is 0.206. The number of benzene rings is 3. The monoisotopic (exact) mass is 590 g/mol. The Labute approximate surface area is 246 Å². The van der Waals surface area contributed by atoms with Gasteiger partial charge < -0.3 is 9.80 Å². The van der Waals surface area contributed by atoms with E-state index in [0.29, 0.717) is 25.9 Å². The number of anilines is 2. The number of nitrogens with zero attached hydrogens (tertiary/aromatic N) is 5. The average Bonchev–Trinajstić information content (AvgIpc) is 2.99. The summed E-state index contributed by atoms with van der Waals surface area (Å²) in [6.45, 7) is 1.42. The van der Waals surface area contributed by atoms with Crippen molar-refractivity contribution in [2.75, 3.05) is 37.0 Å². The molecule has 3 aromatic carbocycles. The minimum atomic E-state index is 0.500. The van der Waals surface area contributed by atoms with Gasteiger partial charge in [0.1, 0.15) is 7.05 Å². The number of aromatic nitrogens is 1. The summed E-state index contributed by atoms with van der Waals surface area (Å²) in [6.07, 6.45) is 5.30. The highest BCUT2D eigenvalue weighted by molar-refractivity contribution is 9.10. The van der Waals surface area contributed by atoms with E-state index in [0.717, 1.165) is 49.5 Å². The van der Waals surface area contributed by atoms with E-state index in [1.165, 1.54) is 0 Å². The lowest BCUT2D eigenvalue weighted by molar-refractivity contribution is -0.662. The Balaban J connectivity index is 1.68. The first kappa shape index (κ1) is 28.6. The van der Waals surface area contributed by atoms with Crippen LogP contribution in [-0.2, 0) is 7.05 Å². The lowest BCUT2D eigenvalue weighted by Gasteiger charge is -2.18. The van der Waals surface area contributed by atoms with E-state index >= 15 is 0 Å². The summed E-state index contributed by atoms with van der Waals surface area (Å²) < 4.78 is 3.27. The van der Waals surface area contributed by atoms with Gasteiger partial charge in [0.2, 0.25) is 11.4 Å². The molecule has 1 aromatic heterocycles. The van der Waals surface area contributed by atoms with E-state index in [1.807, 2.05) is 14.1 Å². The van der Waals surface area contributed by atoms with Crippen LogP contribution in [-0.4, -0.2) is 27.2 Å². The molecule has 0 amide bonds. The summed E-state index contributed by atoms with van der Waals surface area (Å²) in [4.78, 5) is 4.20. The van der Waals surface area contributed by atoms with Crippen LogP contribution in [0.5, 0.6) is 0 Å². The lowest BCUT2D eigenvalue weighted by Crippen LogP contribution is -2.34. The van der Waals surface area contributed by atoms with Crippen LogP contribution in [0.2, 0.25) is 0 Å². The zero-order valence-corrected chi connectivity index (χ0v) is 24.8. The highest BCUT2D eigenvalue weighted by Gasteiger charge is 2.17. The molecule has 4 rings (SSSR count). The van der Waals surface area contributed by atoms with Crippen molar-refractivity contribution >= 4 is 39.5 Å². The maximum Gasteiger partial charge on any atom is 0.213 e. The van der Waals surface area contributed by atoms with E-state index in [9.17, 15) is 0 Å². The normalized spacial score (nSPS) is 10.8. The fourth-order valence-electron chi connectivity index (χ4n) is 4.53. The second-order valence-corrected chi connectivity index (χ2v) is 10.7. The zero-order valence-electron chi connectivity index (χ0n) is 23.2. The van der Waals surface area contributed by atoms with E-state index < -0.39 is 0 Å². The zero-order chi connectivity index (χ0) is 28.5. The van der Waals surface area contributed by atoms with Crippen molar-refractivity contribution in [3.63, 3.8) is 0 Å². The summed E-state index contributed by atoms with van der Waals surface area (Å²) in [5, 5.41) is 17.8. The van der Waals surface area contributed by atoms with Gasteiger partial charge in [0.05, 0.1) is 25.0 Å². The highest BCUT2D eigenvalue weighted by Crippen LogP contribution is 2.28. The SMILES string of the molecule is CN(CCC#N)c1ccc(/C=C/c2cc(-c3ccc(N(C)CCC#N)cc3)cc(-c3ccc(Br)cc3)[n+]2C)cc1. The molecule has 0 atom stereocenters. The van der Waals surface area contributed by atoms with Crippen molar-refractivity contribution < 1.29 is 4.57 Å². The Morgan fingerprint density at radius 2 is 1.23 bits per heavy atom. The molecule has 1 heterocycles. The third-order valence-electron chi connectivity index (χ3n) is 7.02. The summed E-state index contributed by atoms with van der Waals surface area (Å²) in [5.41, 5.74) is 8.91. The number of rotatable bonds is 10. The second-order valence-electron chi connectivity index (χ2n) is 9.75. The van der Waals surface area contributed by atoms with Crippen molar-refractivity contribution in [3.8, 4) is 34.5 Å². The Bertz CT molecular complexity index is 1540. The molecule has 0 radical (unpaired) electrons. The van der Waals surface area contributed by atoms with Crippen LogP contribution in [0, 0.1) is 22.7 Å². The van der Waals surface area contributed by atoms with E-state index in [1.54, 1.807) is 0 Å². The first-order valence-corrected chi connectivity index (χ1v) is 14.0. The van der Waals surface area contributed by atoms with Gasteiger partial charge in [-0.25, -0.2) is 0 Å². The van der Waals surface area contributed by atoms with Crippen molar-refractivity contribution in [1.29, 1.82) is 10.5 Å². The predicted molar refractivity (Wildman–Crippen MR) is 169 cm³/mol. The van der Waals surface area contributed by atoms with Crippen molar-refractivity contribution in [3.05, 3.63) is 101 Å². The number of hydrogen-bond donors (Lipinski definition) is 0. The highest BCUT2D eigenvalue weighted by atomic mass is 79.9. The molecule has 0 saturated heterocycles. The van der Waals surface area contributed by atoms with Gasteiger partial charge in [0.25, 0.3) is 0 Å². The van der Waals surface area contributed by atoms with Crippen LogP contribution in [0.1, 0.15) is 24.1 Å². The molecule has 200 valence electrons. The van der Waals surface area contributed by atoms with Crippen LogP contribution < -0.4 is 14.4 Å². The molecule has 5 nitrogen and oxygen atoms in total. The molecule has 0 N–H and O–H groups in total. The molecule has 0 saturated carbocycles. The van der Waals surface area contributed by atoms with Gasteiger partial charge in [-0.05, 0) is 71.3 Å². The Kier molecular flexibility index (Phi) is 9.73. The molecular formula is C34H33BrN5+. The van der Waals surface area contributed by atoms with Gasteiger partial charge in [-0.2, -0.15) is 15.1 Å². The van der Waals surface area contributed by atoms with Crippen LogP contribution in [0.15, 0.2) is 89.4 Å². The van der Waals surface area contributed by atoms with Gasteiger partial charge in [0.15, 0.2) is 0 Å². The summed E-state index contributed by atoms with van der Waals surface area (Å²) in [6, 6.07) is 34.2. The molecule has 0 spiro atoms. The largest absolute Gasteiger partial charge is 0.374 e. The number of halogens is 1. The second kappa shape index (κ2) is 13.6. The van der Waals surface area contributed by atoms with Gasteiger partial charge in [-0.15, -0.1) is 0 Å². The van der Waals surface area contributed by atoms with E-state index in [4.69, 9.17) is 10.5 Å². The lowest BCUT2D eigenvalue weighted by atomic mass is 10.0. The van der Waals surface area contributed by atoms with E-state index in [-0.39, 0.29) is 0 Å². The molecule has 6 heteroatoms. The summed E-state index contributed by atoms with van der Waals surface area (Å²) in [5.74, 6) is 0. The minimum Gasteiger partial charge on any atom is -0.374 e. The topological polar surface area (TPSA) is 57.9 Å². The molecule has 4 aromatic rings. The molecular weight excluding hydrogens is 558 g/mol. The van der Waals surface area contributed by atoms with Crippen molar-refractivity contribution in [2.24, 2.45) is 7.05 Å². The Morgan fingerprint density at radius 3 is 1.77 bits per heavy atom. The van der Waals surface area contributed by atoms with E-state index in [2.05, 4.69) is 147 Å². The Morgan fingerprint density at radius 1 is 0.700 bits per heavy atom. The molecule has 0 unspecified atom stereocenters. The van der Waals surface area contributed by atoms with Crippen LogP contribution in [0.25, 0.3) is 34.5 Å². The third-order valence-corrected chi connectivity index (χ3v) is 7.55. The van der Waals surface area contributed by atoms with Crippen molar-refractivity contribution in [1.82, 2.24) is 0 Å². The van der Waals surface area contributed by atoms with Crippen molar-refractivity contribution in [2.45, 2.75) is 12.8 Å². The maximum absolute atomic E-state index is 8.92. The first-order valence-electron chi connectivity index (χ1n) is 13.2. The van der Waals surface area contributed by atoms with Gasteiger partial charge in [-0.3, -0.25) is 0 Å². The van der Waals surface area contributed by atoms with Gasteiger partial charge in [0, 0.05) is 66.8 Å². The smallest absolute Gasteiger partial charge is 0.213 e. The van der Waals surface area contributed by atoms with Gasteiger partial charge in [-0.1, -0.05) is 40.2 Å². The number of pyridine rings is 1. The molecule has 40 heavy (non-hydrogen) atoms. The number of nitriles is 2. The summed E-state index contributed by atoms with van der Waals surface area (Å²) in [7, 11) is 6.12. The third kappa shape index (κ3) is 7.17. The first-order chi connectivity index (χ1) is 19.4. The summed E-state index contributed by atoms with van der Waals surface area (Å²) >= 11 is 3.56. The molecule has 0 fully saturated rings. The molecule has 0 aliphatic carbocycles. The van der Waals surface area contributed by atoms with Gasteiger partial charge >= 0.3 is 0 Å². The van der Waals surface area contributed by atoms with Crippen LogP contribution in [0.3, 0.4) is 0 Å². The Hall–Kier alpha value is -4.39. The molecule has 0 aliphatic heterocycles. The minimum absolute atomic E-state index is 0.500. The quantitative estimate of drug-likeness (QED) is 0.180. The maximum atomic E-state index is 8.92. The number of hydrogen-bond acceptors (Lipinski definition) is 4. The fourth-order valence-corrected chi connectivity index (χ4v) is 4.79. The van der Waals surface area contributed by atoms with Crippen LogP contribution in [0.4, 0.5) is 11.4 Å². The van der Waals surface area contributed by atoms with Crippen LogP contribution >= 0.6 is 15.9 Å². The predicted octanol–water partition coefficient (Wildman–Crippen LogP) is 7.48.